The first-order valence-electron chi connectivity index (χ1n) is 5.58. The molecule has 19 heavy (non-hydrogen) atoms. The van der Waals surface area contributed by atoms with Gasteiger partial charge in [0.2, 0.25) is 0 Å². The van der Waals surface area contributed by atoms with Crippen molar-refractivity contribution in [3.8, 4) is 11.5 Å². The molecule has 0 aliphatic carbocycles. The van der Waals surface area contributed by atoms with Gasteiger partial charge in [-0.25, -0.2) is 4.39 Å². The van der Waals surface area contributed by atoms with Gasteiger partial charge in [-0.3, -0.25) is 0 Å². The first kappa shape index (κ1) is 13.5. The molecule has 0 aliphatic rings. The van der Waals surface area contributed by atoms with Gasteiger partial charge in [0.05, 0.1) is 12.2 Å². The van der Waals surface area contributed by atoms with Crippen LogP contribution in [0.15, 0.2) is 42.5 Å². The Balaban J connectivity index is 2.32. The molecule has 0 amide bonds. The molecular weight excluding hydrogens is 265 g/mol. The Morgan fingerprint density at radius 1 is 1.21 bits per heavy atom. The first-order chi connectivity index (χ1) is 9.11. The van der Waals surface area contributed by atoms with E-state index in [1.54, 1.807) is 30.3 Å². The fraction of sp³-hybridized carbons (Fsp3) is 0.0714. The molecule has 0 fully saturated rings. The first-order valence-corrected chi connectivity index (χ1v) is 5.98. The van der Waals surface area contributed by atoms with Crippen LogP contribution in [0.4, 0.5) is 4.39 Å². The Labute approximate surface area is 115 Å². The molecule has 0 atom stereocenters. The zero-order valence-corrected chi connectivity index (χ0v) is 10.8. The van der Waals surface area contributed by atoms with Crippen molar-refractivity contribution in [2.45, 2.75) is 6.61 Å². The molecule has 2 rings (SSSR count). The summed E-state index contributed by atoms with van der Waals surface area (Å²) >= 11 is 4.82. The SMILES string of the molecule is NC(=S)c1c(F)cccc1Oc1ccc(CO)cc1. The number of ether oxygens (including phenoxy) is 1. The lowest BCUT2D eigenvalue weighted by atomic mass is 10.2. The highest BCUT2D eigenvalue weighted by atomic mass is 32.1. The van der Waals surface area contributed by atoms with Crippen LogP contribution in [0.3, 0.4) is 0 Å². The highest BCUT2D eigenvalue weighted by Crippen LogP contribution is 2.27. The summed E-state index contributed by atoms with van der Waals surface area (Å²) in [6.07, 6.45) is 0. The van der Waals surface area contributed by atoms with Crippen molar-refractivity contribution in [1.82, 2.24) is 0 Å². The topological polar surface area (TPSA) is 55.5 Å². The predicted octanol–water partition coefficient (Wildman–Crippen LogP) is 2.74. The normalized spacial score (nSPS) is 10.2. The van der Waals surface area contributed by atoms with Gasteiger partial charge in [0.25, 0.3) is 0 Å². The third kappa shape index (κ3) is 3.07. The maximum absolute atomic E-state index is 13.6. The number of aliphatic hydroxyl groups excluding tert-OH is 1. The second-order valence-corrected chi connectivity index (χ2v) is 4.32. The van der Waals surface area contributed by atoms with Crippen LogP contribution < -0.4 is 10.5 Å². The zero-order chi connectivity index (χ0) is 13.8. The van der Waals surface area contributed by atoms with Gasteiger partial charge in [0.15, 0.2) is 0 Å². The maximum Gasteiger partial charge on any atom is 0.140 e. The number of nitrogens with two attached hydrogens (primary N) is 1. The number of rotatable bonds is 4. The van der Waals surface area contributed by atoms with Gasteiger partial charge in [-0.1, -0.05) is 30.4 Å². The maximum atomic E-state index is 13.6. The van der Waals surface area contributed by atoms with E-state index >= 15 is 0 Å². The molecule has 0 bridgehead atoms. The monoisotopic (exact) mass is 277 g/mol. The summed E-state index contributed by atoms with van der Waals surface area (Å²) in [6, 6.07) is 11.2. The molecule has 2 aromatic carbocycles. The van der Waals surface area contributed by atoms with Gasteiger partial charge in [-0.15, -0.1) is 0 Å². The fourth-order valence-electron chi connectivity index (χ4n) is 1.62. The zero-order valence-electron chi connectivity index (χ0n) is 9.97. The van der Waals surface area contributed by atoms with E-state index in [2.05, 4.69) is 0 Å². The third-order valence-corrected chi connectivity index (χ3v) is 2.76. The quantitative estimate of drug-likeness (QED) is 0.844. The van der Waals surface area contributed by atoms with Crippen molar-refractivity contribution in [3.63, 3.8) is 0 Å². The van der Waals surface area contributed by atoms with Crippen molar-refractivity contribution < 1.29 is 14.2 Å². The smallest absolute Gasteiger partial charge is 0.140 e. The lowest BCUT2D eigenvalue weighted by Crippen LogP contribution is -2.13. The minimum atomic E-state index is -0.517. The van der Waals surface area contributed by atoms with Crippen molar-refractivity contribution in [2.75, 3.05) is 0 Å². The predicted molar refractivity (Wildman–Crippen MR) is 74.7 cm³/mol. The second kappa shape index (κ2) is 5.77. The van der Waals surface area contributed by atoms with Crippen LogP contribution in [0.25, 0.3) is 0 Å². The van der Waals surface area contributed by atoms with Crippen LogP contribution in [-0.4, -0.2) is 10.1 Å². The summed E-state index contributed by atoms with van der Waals surface area (Å²) < 4.78 is 19.2. The van der Waals surface area contributed by atoms with Crippen molar-refractivity contribution in [3.05, 3.63) is 59.4 Å². The largest absolute Gasteiger partial charge is 0.457 e. The average molecular weight is 277 g/mol. The lowest BCUT2D eigenvalue weighted by Gasteiger charge is -2.11. The standard InChI is InChI=1S/C14H12FNO2S/c15-11-2-1-3-12(13(11)14(16)19)18-10-6-4-9(8-17)5-7-10/h1-7,17H,8H2,(H2,16,19). The number of halogens is 1. The number of aliphatic hydroxyl groups is 1. The van der Waals surface area contributed by atoms with Crippen LogP contribution in [0, 0.1) is 5.82 Å². The van der Waals surface area contributed by atoms with Gasteiger partial charge in [0.1, 0.15) is 22.3 Å². The van der Waals surface area contributed by atoms with Gasteiger partial charge < -0.3 is 15.6 Å². The van der Waals surface area contributed by atoms with Crippen LogP contribution >= 0.6 is 12.2 Å². The lowest BCUT2D eigenvalue weighted by molar-refractivity contribution is 0.281. The summed E-state index contributed by atoms with van der Waals surface area (Å²) in [5.41, 5.74) is 6.34. The average Bonchev–Trinajstić information content (AvgIpc) is 2.39. The number of hydrogen-bond donors (Lipinski definition) is 2. The molecule has 0 saturated heterocycles. The van der Waals surface area contributed by atoms with Gasteiger partial charge in [0, 0.05) is 0 Å². The van der Waals surface area contributed by atoms with E-state index in [0.29, 0.717) is 5.75 Å². The summed E-state index contributed by atoms with van der Waals surface area (Å²) in [6.45, 7) is -0.0433. The van der Waals surface area contributed by atoms with E-state index in [9.17, 15) is 4.39 Å². The Morgan fingerprint density at radius 3 is 2.47 bits per heavy atom. The summed E-state index contributed by atoms with van der Waals surface area (Å²) in [4.78, 5) is -0.0555. The molecule has 0 aliphatic heterocycles. The highest BCUT2D eigenvalue weighted by molar-refractivity contribution is 7.80. The van der Waals surface area contributed by atoms with Crippen LogP contribution in [0.2, 0.25) is 0 Å². The highest BCUT2D eigenvalue weighted by Gasteiger charge is 2.12. The molecule has 0 saturated carbocycles. The Kier molecular flexibility index (Phi) is 4.09. The van der Waals surface area contributed by atoms with E-state index in [1.165, 1.54) is 12.1 Å². The molecule has 0 spiro atoms. The summed E-state index contributed by atoms with van der Waals surface area (Å²) in [5, 5.41) is 8.95. The van der Waals surface area contributed by atoms with Crippen molar-refractivity contribution in [1.29, 1.82) is 0 Å². The van der Waals surface area contributed by atoms with Gasteiger partial charge >= 0.3 is 0 Å². The molecule has 98 valence electrons. The van der Waals surface area contributed by atoms with Crippen LogP contribution in [-0.2, 0) is 6.61 Å². The fourth-order valence-corrected chi connectivity index (χ4v) is 1.82. The minimum absolute atomic E-state index is 0.0433. The Morgan fingerprint density at radius 2 is 1.89 bits per heavy atom. The van der Waals surface area contributed by atoms with E-state index in [1.807, 2.05) is 0 Å². The molecule has 0 aromatic heterocycles. The van der Waals surface area contributed by atoms with Gasteiger partial charge in [-0.2, -0.15) is 0 Å². The summed E-state index contributed by atoms with van der Waals surface area (Å²) in [7, 11) is 0. The molecule has 3 N–H and O–H groups in total. The van der Waals surface area contributed by atoms with E-state index < -0.39 is 5.82 Å². The Bertz CT molecular complexity index is 599. The van der Waals surface area contributed by atoms with E-state index in [0.717, 1.165) is 5.56 Å². The van der Waals surface area contributed by atoms with Crippen molar-refractivity contribution in [2.24, 2.45) is 5.73 Å². The number of hydrogen-bond acceptors (Lipinski definition) is 3. The summed E-state index contributed by atoms with van der Waals surface area (Å²) in [5.74, 6) is 0.265. The van der Waals surface area contributed by atoms with E-state index in [-0.39, 0.29) is 22.9 Å². The second-order valence-electron chi connectivity index (χ2n) is 3.88. The van der Waals surface area contributed by atoms with Gasteiger partial charge in [-0.05, 0) is 29.8 Å². The molecule has 0 heterocycles. The van der Waals surface area contributed by atoms with Crippen molar-refractivity contribution >= 4 is 17.2 Å². The number of thiocarbonyl (C=S) groups is 1. The molecule has 2 aromatic rings. The molecule has 0 unspecified atom stereocenters. The minimum Gasteiger partial charge on any atom is -0.457 e. The Hall–Kier alpha value is -1.98. The van der Waals surface area contributed by atoms with Crippen LogP contribution in [0.1, 0.15) is 11.1 Å². The van der Waals surface area contributed by atoms with Crippen LogP contribution in [0.5, 0.6) is 11.5 Å². The number of benzene rings is 2. The molecule has 5 heteroatoms. The molecular formula is C14H12FNO2S. The van der Waals surface area contributed by atoms with E-state index in [4.69, 9.17) is 27.8 Å². The third-order valence-electron chi connectivity index (χ3n) is 2.56. The molecule has 0 radical (unpaired) electrons. The molecule has 3 nitrogen and oxygen atoms in total.